The molecule has 1 aliphatic rings. The van der Waals surface area contributed by atoms with Gasteiger partial charge in [0.05, 0.1) is 17.4 Å². The number of fused-ring (bicyclic) bond motifs is 3. The SMILES string of the molecule is CC(C)(C)c1[nH]nc2c1C(c1cc3ccccc3[nH]c1=O)Nc1cc(C(=O)Nc3ccc(Cl)cc3)ccc1N2. The van der Waals surface area contributed by atoms with Crippen LogP contribution in [0.15, 0.2) is 77.6 Å². The molecule has 0 radical (unpaired) electrons. The zero-order chi connectivity index (χ0) is 27.3. The third kappa shape index (κ3) is 4.64. The summed E-state index contributed by atoms with van der Waals surface area (Å²) >= 11 is 5.98. The number of nitrogens with one attached hydrogen (secondary N) is 5. The first-order valence-electron chi connectivity index (χ1n) is 12.6. The Hall–Kier alpha value is -4.56. The highest BCUT2D eigenvalue weighted by Gasteiger charge is 2.34. The van der Waals surface area contributed by atoms with Crippen LogP contribution >= 0.6 is 11.6 Å². The number of aromatic nitrogens is 3. The summed E-state index contributed by atoms with van der Waals surface area (Å²) in [5.74, 6) is 0.363. The van der Waals surface area contributed by atoms with Crippen LogP contribution in [0.3, 0.4) is 0 Å². The molecular weight excluding hydrogens is 512 g/mol. The Kier molecular flexibility index (Phi) is 5.92. The van der Waals surface area contributed by atoms with Crippen LogP contribution in [0.2, 0.25) is 5.02 Å². The van der Waals surface area contributed by atoms with Crippen molar-refractivity contribution >= 4 is 51.3 Å². The number of rotatable bonds is 3. The van der Waals surface area contributed by atoms with E-state index in [0.717, 1.165) is 27.8 Å². The minimum atomic E-state index is -0.537. The van der Waals surface area contributed by atoms with Crippen LogP contribution in [0.1, 0.15) is 54.0 Å². The summed E-state index contributed by atoms with van der Waals surface area (Å²) in [6.07, 6.45) is 0. The molecule has 5 aromatic rings. The number of carbonyl (C=O) groups is 1. The summed E-state index contributed by atoms with van der Waals surface area (Å²) in [6, 6.07) is 21.4. The number of para-hydroxylation sites is 1. The molecule has 0 saturated carbocycles. The summed E-state index contributed by atoms with van der Waals surface area (Å²) in [4.78, 5) is 29.6. The highest BCUT2D eigenvalue weighted by molar-refractivity contribution is 6.30. The molecule has 0 saturated heterocycles. The second kappa shape index (κ2) is 9.32. The average Bonchev–Trinajstić information content (AvgIpc) is 3.26. The predicted molar refractivity (Wildman–Crippen MR) is 156 cm³/mol. The Morgan fingerprint density at radius 2 is 1.74 bits per heavy atom. The number of nitrogens with zero attached hydrogens (tertiary/aromatic N) is 1. The van der Waals surface area contributed by atoms with E-state index in [1.807, 2.05) is 36.4 Å². The third-order valence-electron chi connectivity index (χ3n) is 6.87. The fourth-order valence-electron chi connectivity index (χ4n) is 4.92. The molecule has 0 aliphatic carbocycles. The molecule has 196 valence electrons. The minimum Gasteiger partial charge on any atom is -0.372 e. The molecule has 0 fully saturated rings. The van der Waals surface area contributed by atoms with Crippen molar-refractivity contribution in [3.63, 3.8) is 0 Å². The van der Waals surface area contributed by atoms with E-state index in [1.54, 1.807) is 36.4 Å². The van der Waals surface area contributed by atoms with Crippen LogP contribution in [-0.4, -0.2) is 21.1 Å². The average molecular weight is 539 g/mol. The molecule has 1 atom stereocenters. The summed E-state index contributed by atoms with van der Waals surface area (Å²) < 4.78 is 0. The van der Waals surface area contributed by atoms with Gasteiger partial charge in [0.25, 0.3) is 11.5 Å². The molecule has 8 nitrogen and oxygen atoms in total. The largest absolute Gasteiger partial charge is 0.372 e. The third-order valence-corrected chi connectivity index (χ3v) is 7.12. The summed E-state index contributed by atoms with van der Waals surface area (Å²) in [5.41, 5.74) is 5.12. The monoisotopic (exact) mass is 538 g/mol. The normalized spacial score (nSPS) is 14.5. The van der Waals surface area contributed by atoms with E-state index in [-0.39, 0.29) is 16.9 Å². The maximum atomic E-state index is 13.4. The van der Waals surface area contributed by atoms with Crippen LogP contribution in [0.4, 0.5) is 22.9 Å². The lowest BCUT2D eigenvalue weighted by atomic mass is 9.85. The van der Waals surface area contributed by atoms with Crippen LogP contribution in [-0.2, 0) is 5.41 Å². The van der Waals surface area contributed by atoms with Gasteiger partial charge in [0, 0.05) is 44.0 Å². The van der Waals surface area contributed by atoms with Crippen LogP contribution in [0.5, 0.6) is 0 Å². The van der Waals surface area contributed by atoms with Crippen molar-refractivity contribution in [2.24, 2.45) is 0 Å². The topological polar surface area (TPSA) is 115 Å². The Morgan fingerprint density at radius 3 is 2.51 bits per heavy atom. The standard InChI is InChI=1S/C30H27ClN6O2/c1-30(2,3)26-24-25(20-14-16-6-4-5-7-21(16)35-29(20)39)33-23-15-17(8-13-22(23)34-27(24)37-36-26)28(38)32-19-11-9-18(31)10-12-19/h4-15,25,33H,1-3H3,(H,32,38)(H,35,39)(H2,34,36,37). The summed E-state index contributed by atoms with van der Waals surface area (Å²) in [5, 5.41) is 19.2. The lowest BCUT2D eigenvalue weighted by Gasteiger charge is -2.24. The minimum absolute atomic E-state index is 0.196. The molecule has 3 aromatic carbocycles. The number of benzene rings is 3. The fourth-order valence-corrected chi connectivity index (χ4v) is 5.04. The summed E-state index contributed by atoms with van der Waals surface area (Å²) in [7, 11) is 0. The summed E-state index contributed by atoms with van der Waals surface area (Å²) in [6.45, 7) is 6.29. The molecule has 0 bridgehead atoms. The Morgan fingerprint density at radius 1 is 0.974 bits per heavy atom. The Balaban J connectivity index is 1.46. The van der Waals surface area contributed by atoms with Gasteiger partial charge in [-0.05, 0) is 60.0 Å². The molecule has 1 unspecified atom stereocenters. The van der Waals surface area contributed by atoms with E-state index < -0.39 is 6.04 Å². The van der Waals surface area contributed by atoms with E-state index in [1.165, 1.54) is 0 Å². The van der Waals surface area contributed by atoms with Gasteiger partial charge in [0.1, 0.15) is 0 Å². The molecule has 3 heterocycles. The number of hydrogen-bond donors (Lipinski definition) is 5. The van der Waals surface area contributed by atoms with E-state index in [4.69, 9.17) is 11.6 Å². The quantitative estimate of drug-likeness (QED) is 0.175. The molecule has 6 rings (SSSR count). The maximum Gasteiger partial charge on any atom is 0.255 e. The fraction of sp³-hybridized carbons (Fsp3) is 0.167. The van der Waals surface area contributed by atoms with Crippen molar-refractivity contribution in [1.29, 1.82) is 0 Å². The second-order valence-corrected chi connectivity index (χ2v) is 11.1. The van der Waals surface area contributed by atoms with Gasteiger partial charge in [0.15, 0.2) is 5.82 Å². The molecule has 1 aliphatic heterocycles. The Bertz CT molecular complexity index is 1780. The number of anilines is 4. The molecule has 1 amide bonds. The van der Waals surface area contributed by atoms with Gasteiger partial charge in [-0.1, -0.05) is 50.6 Å². The number of hydrogen-bond acceptors (Lipinski definition) is 5. The van der Waals surface area contributed by atoms with Crippen molar-refractivity contribution in [1.82, 2.24) is 15.2 Å². The van der Waals surface area contributed by atoms with E-state index in [9.17, 15) is 9.59 Å². The first kappa shape index (κ1) is 24.8. The smallest absolute Gasteiger partial charge is 0.255 e. The maximum absolute atomic E-state index is 13.4. The van der Waals surface area contributed by atoms with Crippen LogP contribution in [0.25, 0.3) is 10.9 Å². The van der Waals surface area contributed by atoms with Crippen molar-refractivity contribution < 1.29 is 4.79 Å². The van der Waals surface area contributed by atoms with Crippen LogP contribution < -0.4 is 21.5 Å². The lowest BCUT2D eigenvalue weighted by molar-refractivity contribution is 0.102. The zero-order valence-electron chi connectivity index (χ0n) is 21.6. The van der Waals surface area contributed by atoms with Crippen molar-refractivity contribution in [2.45, 2.75) is 32.2 Å². The van der Waals surface area contributed by atoms with Gasteiger partial charge in [-0.15, -0.1) is 0 Å². The number of halogens is 1. The predicted octanol–water partition coefficient (Wildman–Crippen LogP) is 6.71. The highest BCUT2D eigenvalue weighted by Crippen LogP contribution is 2.43. The van der Waals surface area contributed by atoms with Gasteiger partial charge in [0.2, 0.25) is 0 Å². The molecule has 9 heteroatoms. The molecular formula is C30H27ClN6O2. The first-order chi connectivity index (χ1) is 18.7. The number of amides is 1. The zero-order valence-corrected chi connectivity index (χ0v) is 22.4. The first-order valence-corrected chi connectivity index (χ1v) is 13.0. The highest BCUT2D eigenvalue weighted by atomic mass is 35.5. The van der Waals surface area contributed by atoms with E-state index >= 15 is 0 Å². The number of H-pyrrole nitrogens is 2. The van der Waals surface area contributed by atoms with Crippen molar-refractivity contribution in [3.05, 3.63) is 111 Å². The second-order valence-electron chi connectivity index (χ2n) is 10.7. The van der Waals surface area contributed by atoms with Gasteiger partial charge in [-0.3, -0.25) is 14.7 Å². The van der Waals surface area contributed by atoms with Gasteiger partial charge >= 0.3 is 0 Å². The van der Waals surface area contributed by atoms with Crippen molar-refractivity contribution in [2.75, 3.05) is 16.0 Å². The molecule has 39 heavy (non-hydrogen) atoms. The van der Waals surface area contributed by atoms with Gasteiger partial charge < -0.3 is 20.9 Å². The number of carbonyl (C=O) groups excluding carboxylic acids is 1. The molecule has 5 N–H and O–H groups in total. The van der Waals surface area contributed by atoms with Crippen molar-refractivity contribution in [3.8, 4) is 0 Å². The lowest BCUT2D eigenvalue weighted by Crippen LogP contribution is -2.25. The van der Waals surface area contributed by atoms with Gasteiger partial charge in [-0.25, -0.2) is 0 Å². The molecule has 0 spiro atoms. The Labute approximate surface area is 229 Å². The van der Waals surface area contributed by atoms with E-state index in [0.29, 0.717) is 33.3 Å². The van der Waals surface area contributed by atoms with Gasteiger partial charge in [-0.2, -0.15) is 5.10 Å². The number of pyridine rings is 1. The van der Waals surface area contributed by atoms with Crippen LogP contribution in [0, 0.1) is 0 Å². The molecule has 2 aromatic heterocycles. The van der Waals surface area contributed by atoms with E-state index in [2.05, 4.69) is 51.9 Å². The number of aromatic amines is 2.